The molecule has 1 fully saturated rings. The van der Waals surface area contributed by atoms with Crippen molar-refractivity contribution >= 4 is 17.4 Å². The summed E-state index contributed by atoms with van der Waals surface area (Å²) in [7, 11) is 0. The highest BCUT2D eigenvalue weighted by atomic mass is 16.5. The molecule has 2 aromatic carbocycles. The van der Waals surface area contributed by atoms with Gasteiger partial charge in [-0.1, -0.05) is 37.6 Å². The standard InChI is InChI=1S/C26H31NO5/c1-5-7-15-27-23(18-11-13-20(14-12-18)31-6-2)22(25(29)26(27)30)24(28)19-9-8-10-21(16-19)32-17(3)4/h8-14,16-17,23,28H,5-7,15H2,1-4H3/b24-22-. The molecule has 6 heteroatoms. The molecule has 2 aromatic rings. The molecule has 170 valence electrons. The number of aliphatic hydroxyl groups excluding tert-OH is 1. The van der Waals surface area contributed by atoms with Crippen molar-refractivity contribution in [1.82, 2.24) is 4.90 Å². The third-order valence-corrected chi connectivity index (χ3v) is 5.28. The van der Waals surface area contributed by atoms with Crippen LogP contribution in [0, 0.1) is 0 Å². The molecule has 1 aliphatic rings. The smallest absolute Gasteiger partial charge is 0.295 e. The predicted octanol–water partition coefficient (Wildman–Crippen LogP) is 5.09. The lowest BCUT2D eigenvalue weighted by molar-refractivity contribution is -0.139. The van der Waals surface area contributed by atoms with Crippen molar-refractivity contribution < 1.29 is 24.2 Å². The first-order valence-electron chi connectivity index (χ1n) is 11.2. The Morgan fingerprint density at radius 3 is 2.41 bits per heavy atom. The second-order valence-electron chi connectivity index (χ2n) is 8.04. The third kappa shape index (κ3) is 4.96. The van der Waals surface area contributed by atoms with Gasteiger partial charge in [0, 0.05) is 12.1 Å². The lowest BCUT2D eigenvalue weighted by Crippen LogP contribution is -2.30. The topological polar surface area (TPSA) is 76.1 Å². The monoisotopic (exact) mass is 437 g/mol. The SMILES string of the molecule is CCCCN1C(=O)C(=O)/C(=C(\O)c2cccc(OC(C)C)c2)C1c1ccc(OCC)cc1. The van der Waals surface area contributed by atoms with Crippen molar-refractivity contribution in [2.24, 2.45) is 0 Å². The Balaban J connectivity index is 2.09. The van der Waals surface area contributed by atoms with Gasteiger partial charge in [0.2, 0.25) is 0 Å². The van der Waals surface area contributed by atoms with Crippen LogP contribution in [0.1, 0.15) is 57.7 Å². The summed E-state index contributed by atoms with van der Waals surface area (Å²) in [6.45, 7) is 8.75. The fraction of sp³-hybridized carbons (Fsp3) is 0.385. The number of nitrogens with zero attached hydrogens (tertiary/aromatic N) is 1. The normalized spacial score (nSPS) is 17.8. The second-order valence-corrected chi connectivity index (χ2v) is 8.04. The molecule has 1 saturated heterocycles. The number of ether oxygens (including phenoxy) is 2. The van der Waals surface area contributed by atoms with Gasteiger partial charge in [0.05, 0.1) is 24.3 Å². The molecular formula is C26H31NO5. The lowest BCUT2D eigenvalue weighted by Gasteiger charge is -2.25. The van der Waals surface area contributed by atoms with Gasteiger partial charge in [0.25, 0.3) is 11.7 Å². The number of hydrogen-bond donors (Lipinski definition) is 1. The molecule has 6 nitrogen and oxygen atoms in total. The van der Waals surface area contributed by atoms with E-state index in [2.05, 4.69) is 0 Å². The fourth-order valence-corrected chi connectivity index (χ4v) is 3.84. The van der Waals surface area contributed by atoms with E-state index in [1.165, 1.54) is 0 Å². The van der Waals surface area contributed by atoms with E-state index in [1.807, 2.05) is 52.0 Å². The minimum atomic E-state index is -0.673. The van der Waals surface area contributed by atoms with E-state index >= 15 is 0 Å². The number of amides is 1. The molecule has 32 heavy (non-hydrogen) atoms. The first-order chi connectivity index (χ1) is 15.4. The molecule has 0 aromatic heterocycles. The summed E-state index contributed by atoms with van der Waals surface area (Å²) in [5.41, 5.74) is 1.28. The molecule has 0 radical (unpaired) electrons. The second kappa shape index (κ2) is 10.4. The summed E-state index contributed by atoms with van der Waals surface area (Å²) in [5.74, 6) is -0.168. The Bertz CT molecular complexity index is 994. The maximum atomic E-state index is 13.0. The van der Waals surface area contributed by atoms with Crippen LogP contribution < -0.4 is 9.47 Å². The minimum Gasteiger partial charge on any atom is -0.507 e. The van der Waals surface area contributed by atoms with E-state index in [4.69, 9.17) is 9.47 Å². The zero-order valence-electron chi connectivity index (χ0n) is 19.1. The number of aliphatic hydroxyl groups is 1. The van der Waals surface area contributed by atoms with E-state index in [1.54, 1.807) is 29.2 Å². The number of carbonyl (C=O) groups is 2. The number of ketones is 1. The molecule has 0 saturated carbocycles. The zero-order valence-corrected chi connectivity index (χ0v) is 19.1. The Morgan fingerprint density at radius 2 is 1.78 bits per heavy atom. The van der Waals surface area contributed by atoms with Crippen LogP contribution in [0.25, 0.3) is 5.76 Å². The number of likely N-dealkylation sites (tertiary alicyclic amines) is 1. The maximum absolute atomic E-state index is 13.0. The highest BCUT2D eigenvalue weighted by molar-refractivity contribution is 6.46. The van der Waals surface area contributed by atoms with Gasteiger partial charge in [0.15, 0.2) is 0 Å². The van der Waals surface area contributed by atoms with Crippen molar-refractivity contribution in [3.63, 3.8) is 0 Å². The van der Waals surface area contributed by atoms with Gasteiger partial charge in [-0.15, -0.1) is 0 Å². The molecule has 1 amide bonds. The number of benzene rings is 2. The van der Waals surface area contributed by atoms with Crippen molar-refractivity contribution in [3.8, 4) is 11.5 Å². The van der Waals surface area contributed by atoms with Crippen LogP contribution >= 0.6 is 0 Å². The summed E-state index contributed by atoms with van der Waals surface area (Å²) in [6, 6.07) is 13.6. The van der Waals surface area contributed by atoms with Crippen molar-refractivity contribution in [2.45, 2.75) is 52.7 Å². The first-order valence-corrected chi connectivity index (χ1v) is 11.2. The summed E-state index contributed by atoms with van der Waals surface area (Å²) in [6.07, 6.45) is 1.61. The summed E-state index contributed by atoms with van der Waals surface area (Å²) in [4.78, 5) is 27.5. The van der Waals surface area contributed by atoms with Gasteiger partial charge in [-0.25, -0.2) is 0 Å². The van der Waals surface area contributed by atoms with Gasteiger partial charge in [0.1, 0.15) is 17.3 Å². The number of carbonyl (C=O) groups excluding carboxylic acids is 2. The highest BCUT2D eigenvalue weighted by Crippen LogP contribution is 2.40. The molecule has 0 aliphatic carbocycles. The molecule has 1 heterocycles. The molecule has 1 N–H and O–H groups in total. The Kier molecular flexibility index (Phi) is 7.57. The summed E-state index contributed by atoms with van der Waals surface area (Å²) < 4.78 is 11.3. The number of rotatable bonds is 9. The van der Waals surface area contributed by atoms with E-state index in [0.717, 1.165) is 18.4 Å². The predicted molar refractivity (Wildman–Crippen MR) is 124 cm³/mol. The van der Waals surface area contributed by atoms with Crippen LogP contribution in [0.4, 0.5) is 0 Å². The van der Waals surface area contributed by atoms with Crippen molar-refractivity contribution in [3.05, 3.63) is 65.2 Å². The fourth-order valence-electron chi connectivity index (χ4n) is 3.84. The average Bonchev–Trinajstić information content (AvgIpc) is 3.02. The summed E-state index contributed by atoms with van der Waals surface area (Å²) >= 11 is 0. The number of unbranched alkanes of at least 4 members (excludes halogenated alkanes) is 1. The van der Waals surface area contributed by atoms with E-state index in [0.29, 0.717) is 30.2 Å². The van der Waals surface area contributed by atoms with Gasteiger partial charge in [-0.2, -0.15) is 0 Å². The van der Waals surface area contributed by atoms with Crippen LogP contribution in [0.15, 0.2) is 54.1 Å². The first kappa shape index (κ1) is 23.4. The molecule has 0 spiro atoms. The van der Waals surface area contributed by atoms with E-state index in [9.17, 15) is 14.7 Å². The Morgan fingerprint density at radius 1 is 1.06 bits per heavy atom. The van der Waals surface area contributed by atoms with Gasteiger partial charge < -0.3 is 19.5 Å². The summed E-state index contributed by atoms with van der Waals surface area (Å²) in [5, 5.41) is 11.2. The maximum Gasteiger partial charge on any atom is 0.295 e. The Hall–Kier alpha value is -3.28. The molecule has 1 aliphatic heterocycles. The molecular weight excluding hydrogens is 406 g/mol. The molecule has 3 rings (SSSR count). The average molecular weight is 438 g/mol. The zero-order chi connectivity index (χ0) is 23.3. The van der Waals surface area contributed by atoms with E-state index in [-0.39, 0.29) is 17.4 Å². The third-order valence-electron chi connectivity index (χ3n) is 5.28. The molecule has 0 bridgehead atoms. The van der Waals surface area contributed by atoms with Crippen LogP contribution in [0.5, 0.6) is 11.5 Å². The van der Waals surface area contributed by atoms with Gasteiger partial charge in [-0.3, -0.25) is 9.59 Å². The highest BCUT2D eigenvalue weighted by Gasteiger charge is 2.45. The number of Topliss-reactive ketones (excluding diaryl/α,β-unsaturated/α-hetero) is 1. The van der Waals surface area contributed by atoms with E-state index < -0.39 is 17.7 Å². The quantitative estimate of drug-likeness (QED) is 0.336. The van der Waals surface area contributed by atoms with Crippen molar-refractivity contribution in [1.29, 1.82) is 0 Å². The van der Waals surface area contributed by atoms with Crippen LogP contribution in [-0.4, -0.2) is 41.0 Å². The van der Waals surface area contributed by atoms with Gasteiger partial charge in [-0.05, 0) is 57.0 Å². The van der Waals surface area contributed by atoms with Gasteiger partial charge >= 0.3 is 0 Å². The number of hydrogen-bond acceptors (Lipinski definition) is 5. The largest absolute Gasteiger partial charge is 0.507 e. The van der Waals surface area contributed by atoms with Crippen LogP contribution in [-0.2, 0) is 9.59 Å². The van der Waals surface area contributed by atoms with Crippen LogP contribution in [0.2, 0.25) is 0 Å². The molecule has 1 atom stereocenters. The van der Waals surface area contributed by atoms with Crippen molar-refractivity contribution in [2.75, 3.05) is 13.2 Å². The van der Waals surface area contributed by atoms with Crippen LogP contribution in [0.3, 0.4) is 0 Å². The molecule has 1 unspecified atom stereocenters. The Labute approximate surface area is 189 Å². The minimum absolute atomic E-state index is 0.0316. The lowest BCUT2D eigenvalue weighted by atomic mass is 9.95.